The van der Waals surface area contributed by atoms with Gasteiger partial charge in [0, 0.05) is 5.69 Å². The van der Waals surface area contributed by atoms with Crippen LogP contribution in [0.15, 0.2) is 30.9 Å². The van der Waals surface area contributed by atoms with Crippen molar-refractivity contribution in [3.8, 4) is 0 Å². The molecule has 13 heavy (non-hydrogen) atoms. The number of aromatic carboxylic acids is 1. The molecule has 0 saturated heterocycles. The van der Waals surface area contributed by atoms with E-state index < -0.39 is 5.97 Å². The van der Waals surface area contributed by atoms with Crippen molar-refractivity contribution >= 4 is 11.7 Å². The molecule has 3 nitrogen and oxygen atoms in total. The molecule has 0 amide bonds. The molecular weight excluding hydrogens is 166 g/mol. The van der Waals surface area contributed by atoms with Crippen LogP contribution in [0.1, 0.15) is 15.9 Å². The molecule has 0 bridgehead atoms. The fraction of sp³-hybridized carbons (Fsp3) is 0.100. The first-order chi connectivity index (χ1) is 6.15. The van der Waals surface area contributed by atoms with Gasteiger partial charge in [-0.1, -0.05) is 6.08 Å². The fourth-order valence-corrected chi connectivity index (χ4v) is 1.15. The summed E-state index contributed by atoms with van der Waals surface area (Å²) in [5.74, 6) is -0.933. The molecule has 0 unspecified atom stereocenters. The van der Waals surface area contributed by atoms with Crippen LogP contribution in [0.25, 0.3) is 0 Å². The topological polar surface area (TPSA) is 63.3 Å². The minimum atomic E-state index is -0.933. The van der Waals surface area contributed by atoms with E-state index in [1.807, 2.05) is 0 Å². The largest absolute Gasteiger partial charge is 0.478 e. The Labute approximate surface area is 76.5 Å². The predicted octanol–water partition coefficient (Wildman–Crippen LogP) is 1.70. The molecule has 0 spiro atoms. The first-order valence-corrected chi connectivity index (χ1v) is 3.87. The number of carbonyl (C=O) groups is 1. The van der Waals surface area contributed by atoms with E-state index in [-0.39, 0.29) is 5.56 Å². The highest BCUT2D eigenvalue weighted by atomic mass is 16.4. The van der Waals surface area contributed by atoms with Crippen LogP contribution in [-0.4, -0.2) is 11.1 Å². The lowest BCUT2D eigenvalue weighted by molar-refractivity contribution is 0.0696. The third kappa shape index (κ3) is 2.08. The summed E-state index contributed by atoms with van der Waals surface area (Å²) in [6, 6.07) is 4.75. The molecule has 0 aliphatic heterocycles. The number of allylic oxidation sites excluding steroid dienone is 1. The van der Waals surface area contributed by atoms with E-state index in [9.17, 15) is 4.79 Å². The summed E-state index contributed by atoms with van der Waals surface area (Å²) in [4.78, 5) is 10.7. The van der Waals surface area contributed by atoms with E-state index in [1.54, 1.807) is 18.2 Å². The maximum absolute atomic E-state index is 10.7. The van der Waals surface area contributed by atoms with Gasteiger partial charge >= 0.3 is 5.97 Å². The summed E-state index contributed by atoms with van der Waals surface area (Å²) in [5.41, 5.74) is 7.08. The summed E-state index contributed by atoms with van der Waals surface area (Å²) in [6.07, 6.45) is 2.17. The summed E-state index contributed by atoms with van der Waals surface area (Å²) in [5, 5.41) is 8.81. The van der Waals surface area contributed by atoms with Gasteiger partial charge in [0.05, 0.1) is 5.56 Å². The number of rotatable bonds is 3. The van der Waals surface area contributed by atoms with Gasteiger partial charge in [-0.2, -0.15) is 0 Å². The van der Waals surface area contributed by atoms with Gasteiger partial charge in [0.15, 0.2) is 0 Å². The first kappa shape index (κ1) is 9.32. The van der Waals surface area contributed by atoms with Crippen LogP contribution in [-0.2, 0) is 6.42 Å². The fourth-order valence-electron chi connectivity index (χ4n) is 1.15. The van der Waals surface area contributed by atoms with Crippen molar-refractivity contribution < 1.29 is 9.90 Å². The van der Waals surface area contributed by atoms with Gasteiger partial charge in [0.25, 0.3) is 0 Å². The standard InChI is InChI=1S/C10H11NO2/c1-2-3-7-6-8(11)4-5-9(7)10(12)13/h2,4-6H,1,3,11H2,(H,12,13). The molecule has 3 heteroatoms. The zero-order chi connectivity index (χ0) is 9.84. The number of nitrogens with two attached hydrogens (primary N) is 1. The van der Waals surface area contributed by atoms with Gasteiger partial charge in [-0.3, -0.25) is 0 Å². The van der Waals surface area contributed by atoms with E-state index in [0.29, 0.717) is 17.7 Å². The van der Waals surface area contributed by atoms with Crippen molar-refractivity contribution in [1.29, 1.82) is 0 Å². The Kier molecular flexibility index (Phi) is 2.69. The molecule has 68 valence electrons. The lowest BCUT2D eigenvalue weighted by Crippen LogP contribution is -2.02. The minimum Gasteiger partial charge on any atom is -0.478 e. The average molecular weight is 177 g/mol. The monoisotopic (exact) mass is 177 g/mol. The number of carboxylic acids is 1. The molecule has 0 radical (unpaired) electrons. The Morgan fingerprint density at radius 1 is 1.62 bits per heavy atom. The van der Waals surface area contributed by atoms with Crippen molar-refractivity contribution in [2.24, 2.45) is 0 Å². The van der Waals surface area contributed by atoms with E-state index in [1.165, 1.54) is 6.07 Å². The van der Waals surface area contributed by atoms with Gasteiger partial charge in [0.2, 0.25) is 0 Å². The zero-order valence-electron chi connectivity index (χ0n) is 7.16. The third-order valence-electron chi connectivity index (χ3n) is 1.72. The predicted molar refractivity (Wildman–Crippen MR) is 51.7 cm³/mol. The van der Waals surface area contributed by atoms with Crippen molar-refractivity contribution in [3.05, 3.63) is 42.0 Å². The lowest BCUT2D eigenvalue weighted by Gasteiger charge is -2.03. The highest BCUT2D eigenvalue weighted by molar-refractivity contribution is 5.90. The number of nitrogen functional groups attached to an aromatic ring is 1. The van der Waals surface area contributed by atoms with Crippen LogP contribution in [0.3, 0.4) is 0 Å². The molecule has 0 aliphatic rings. The molecule has 1 rings (SSSR count). The second kappa shape index (κ2) is 3.76. The van der Waals surface area contributed by atoms with Crippen LogP contribution in [0.2, 0.25) is 0 Å². The number of benzene rings is 1. The van der Waals surface area contributed by atoms with Gasteiger partial charge in [-0.15, -0.1) is 6.58 Å². The minimum absolute atomic E-state index is 0.286. The molecule has 0 aromatic heterocycles. The summed E-state index contributed by atoms with van der Waals surface area (Å²) >= 11 is 0. The average Bonchev–Trinajstić information content (AvgIpc) is 2.04. The molecule has 1 aromatic carbocycles. The van der Waals surface area contributed by atoms with E-state index in [0.717, 1.165) is 0 Å². The molecular formula is C10H11NO2. The Morgan fingerprint density at radius 2 is 2.31 bits per heavy atom. The summed E-state index contributed by atoms with van der Waals surface area (Å²) < 4.78 is 0. The lowest BCUT2D eigenvalue weighted by atomic mass is 10.0. The quantitative estimate of drug-likeness (QED) is 0.545. The second-order valence-electron chi connectivity index (χ2n) is 2.71. The van der Waals surface area contributed by atoms with E-state index >= 15 is 0 Å². The van der Waals surface area contributed by atoms with Crippen LogP contribution in [0.5, 0.6) is 0 Å². The van der Waals surface area contributed by atoms with Gasteiger partial charge in [-0.05, 0) is 30.2 Å². The van der Waals surface area contributed by atoms with Crippen molar-refractivity contribution in [3.63, 3.8) is 0 Å². The van der Waals surface area contributed by atoms with Crippen molar-refractivity contribution in [2.45, 2.75) is 6.42 Å². The Balaban J connectivity index is 3.17. The van der Waals surface area contributed by atoms with Gasteiger partial charge in [-0.25, -0.2) is 4.79 Å². The SMILES string of the molecule is C=CCc1cc(N)ccc1C(=O)O. The van der Waals surface area contributed by atoms with Crippen LogP contribution in [0, 0.1) is 0 Å². The Hall–Kier alpha value is -1.77. The Bertz CT molecular complexity index is 345. The molecule has 0 aliphatic carbocycles. The van der Waals surface area contributed by atoms with Crippen LogP contribution in [0.4, 0.5) is 5.69 Å². The first-order valence-electron chi connectivity index (χ1n) is 3.87. The highest BCUT2D eigenvalue weighted by Crippen LogP contribution is 2.14. The zero-order valence-corrected chi connectivity index (χ0v) is 7.16. The molecule has 0 saturated carbocycles. The highest BCUT2D eigenvalue weighted by Gasteiger charge is 2.08. The molecule has 1 aromatic rings. The van der Waals surface area contributed by atoms with E-state index in [4.69, 9.17) is 10.8 Å². The van der Waals surface area contributed by atoms with Crippen molar-refractivity contribution in [1.82, 2.24) is 0 Å². The molecule has 0 fully saturated rings. The van der Waals surface area contributed by atoms with Crippen molar-refractivity contribution in [2.75, 3.05) is 5.73 Å². The smallest absolute Gasteiger partial charge is 0.335 e. The van der Waals surface area contributed by atoms with Crippen LogP contribution < -0.4 is 5.73 Å². The maximum atomic E-state index is 10.7. The molecule has 3 N–H and O–H groups in total. The molecule has 0 heterocycles. The number of carboxylic acid groups (broad SMARTS) is 1. The van der Waals surface area contributed by atoms with Gasteiger partial charge < -0.3 is 10.8 Å². The summed E-state index contributed by atoms with van der Waals surface area (Å²) in [6.45, 7) is 3.55. The summed E-state index contributed by atoms with van der Waals surface area (Å²) in [7, 11) is 0. The van der Waals surface area contributed by atoms with E-state index in [2.05, 4.69) is 6.58 Å². The number of hydrogen-bond donors (Lipinski definition) is 2. The Morgan fingerprint density at radius 3 is 2.85 bits per heavy atom. The van der Waals surface area contributed by atoms with Crippen LogP contribution >= 0.6 is 0 Å². The molecule has 0 atom stereocenters. The number of hydrogen-bond acceptors (Lipinski definition) is 2. The second-order valence-corrected chi connectivity index (χ2v) is 2.71. The van der Waals surface area contributed by atoms with Gasteiger partial charge in [0.1, 0.15) is 0 Å². The third-order valence-corrected chi connectivity index (χ3v) is 1.72. The number of anilines is 1. The normalized spacial score (nSPS) is 9.54. The maximum Gasteiger partial charge on any atom is 0.335 e.